The molecule has 2 amide bonds. The zero-order valence-electron chi connectivity index (χ0n) is 17.4. The van der Waals surface area contributed by atoms with Crippen LogP contribution in [0.3, 0.4) is 0 Å². The molecule has 3 aromatic rings. The fourth-order valence-corrected chi connectivity index (χ4v) is 2.80. The molecule has 0 unspecified atom stereocenters. The molecule has 0 atom stereocenters. The number of nitrogens with one attached hydrogen (secondary N) is 3. The molecule has 8 heteroatoms. The van der Waals surface area contributed by atoms with Crippen LogP contribution in [-0.2, 0) is 4.79 Å². The number of amides is 2. The fourth-order valence-electron chi connectivity index (χ4n) is 2.80. The van der Waals surface area contributed by atoms with Gasteiger partial charge < -0.3 is 20.1 Å². The quantitative estimate of drug-likeness (QED) is 0.534. The number of rotatable bonds is 6. The van der Waals surface area contributed by atoms with Crippen LogP contribution in [0.5, 0.6) is 11.5 Å². The van der Waals surface area contributed by atoms with Crippen LogP contribution < -0.4 is 20.1 Å². The Morgan fingerprint density at radius 2 is 1.84 bits per heavy atom. The van der Waals surface area contributed by atoms with Crippen LogP contribution >= 0.6 is 0 Å². The lowest BCUT2D eigenvalue weighted by Gasteiger charge is -2.08. The number of carbonyl (C=O) groups excluding carboxylic acids is 2. The van der Waals surface area contributed by atoms with E-state index >= 15 is 0 Å². The van der Waals surface area contributed by atoms with Gasteiger partial charge >= 0.3 is 0 Å². The van der Waals surface area contributed by atoms with Gasteiger partial charge in [0.25, 0.3) is 5.91 Å². The molecule has 0 aliphatic rings. The van der Waals surface area contributed by atoms with Gasteiger partial charge in [-0.3, -0.25) is 14.7 Å². The van der Waals surface area contributed by atoms with Crippen molar-refractivity contribution in [3.8, 4) is 34.6 Å². The molecule has 1 heterocycles. The maximum absolute atomic E-state index is 12.4. The fraction of sp³-hybridized carbons (Fsp3) is 0.174. The molecule has 0 saturated heterocycles. The number of nitrogens with zero attached hydrogens (tertiary/aromatic N) is 1. The summed E-state index contributed by atoms with van der Waals surface area (Å²) in [6, 6.07) is 14.1. The summed E-state index contributed by atoms with van der Waals surface area (Å²) in [6.45, 7) is 1.62. The highest BCUT2D eigenvalue weighted by Gasteiger charge is 2.14. The third kappa shape index (κ3) is 5.64. The third-order valence-corrected chi connectivity index (χ3v) is 4.28. The molecular weight excluding hydrogens is 396 g/mol. The van der Waals surface area contributed by atoms with E-state index in [0.717, 1.165) is 5.56 Å². The number of hydrogen-bond donors (Lipinski definition) is 3. The lowest BCUT2D eigenvalue weighted by Crippen LogP contribution is -2.23. The molecule has 0 spiro atoms. The lowest BCUT2D eigenvalue weighted by molar-refractivity contribution is -0.114. The number of aromatic nitrogens is 2. The summed E-state index contributed by atoms with van der Waals surface area (Å²) < 4.78 is 10.6. The van der Waals surface area contributed by atoms with E-state index in [1.54, 1.807) is 62.8 Å². The van der Waals surface area contributed by atoms with Crippen LogP contribution in [0.25, 0.3) is 11.3 Å². The molecular formula is C23H22N4O4. The van der Waals surface area contributed by atoms with Gasteiger partial charge in [0.15, 0.2) is 0 Å². The van der Waals surface area contributed by atoms with Crippen molar-refractivity contribution in [1.82, 2.24) is 15.5 Å². The molecule has 0 radical (unpaired) electrons. The van der Waals surface area contributed by atoms with E-state index in [0.29, 0.717) is 34.1 Å². The lowest BCUT2D eigenvalue weighted by atomic mass is 10.1. The summed E-state index contributed by atoms with van der Waals surface area (Å²) in [6.07, 6.45) is 0. The van der Waals surface area contributed by atoms with Crippen molar-refractivity contribution in [2.24, 2.45) is 0 Å². The van der Waals surface area contributed by atoms with Crippen LogP contribution in [0.2, 0.25) is 0 Å². The van der Waals surface area contributed by atoms with Crippen molar-refractivity contribution in [2.75, 3.05) is 26.1 Å². The number of H-pyrrole nitrogens is 1. The maximum atomic E-state index is 12.4. The minimum absolute atomic E-state index is 0.131. The predicted molar refractivity (Wildman–Crippen MR) is 117 cm³/mol. The van der Waals surface area contributed by atoms with Crippen LogP contribution in [-0.4, -0.2) is 42.8 Å². The van der Waals surface area contributed by atoms with Crippen LogP contribution in [0.1, 0.15) is 23.0 Å². The first kappa shape index (κ1) is 21.5. The highest BCUT2D eigenvalue weighted by Crippen LogP contribution is 2.32. The topological polar surface area (TPSA) is 105 Å². The van der Waals surface area contributed by atoms with Crippen LogP contribution in [0, 0.1) is 11.8 Å². The summed E-state index contributed by atoms with van der Waals surface area (Å²) in [4.78, 5) is 23.4. The Hall–Kier alpha value is -4.25. The normalized spacial score (nSPS) is 9.90. The van der Waals surface area contributed by atoms with Crippen molar-refractivity contribution >= 4 is 17.5 Å². The average molecular weight is 418 g/mol. The van der Waals surface area contributed by atoms with Gasteiger partial charge in [-0.05, 0) is 48.5 Å². The molecule has 2 aromatic carbocycles. The first-order valence-corrected chi connectivity index (χ1v) is 9.42. The molecule has 8 nitrogen and oxygen atoms in total. The second kappa shape index (κ2) is 9.98. The Labute approximate surface area is 180 Å². The zero-order valence-corrected chi connectivity index (χ0v) is 17.4. The van der Waals surface area contributed by atoms with E-state index in [1.165, 1.54) is 6.92 Å². The molecule has 0 fully saturated rings. The highest BCUT2D eigenvalue weighted by molar-refractivity contribution is 5.93. The minimum atomic E-state index is -0.323. The number of hydrogen-bond acceptors (Lipinski definition) is 5. The average Bonchev–Trinajstić information content (AvgIpc) is 3.27. The van der Waals surface area contributed by atoms with Crippen molar-refractivity contribution in [2.45, 2.75) is 6.92 Å². The zero-order chi connectivity index (χ0) is 22.2. The van der Waals surface area contributed by atoms with Gasteiger partial charge in [-0.1, -0.05) is 11.8 Å². The van der Waals surface area contributed by atoms with Crippen molar-refractivity contribution in [3.63, 3.8) is 0 Å². The van der Waals surface area contributed by atoms with Crippen LogP contribution in [0.15, 0.2) is 48.5 Å². The monoisotopic (exact) mass is 418 g/mol. The van der Waals surface area contributed by atoms with E-state index in [-0.39, 0.29) is 18.4 Å². The minimum Gasteiger partial charge on any atom is -0.497 e. The molecule has 0 aliphatic heterocycles. The van der Waals surface area contributed by atoms with Crippen molar-refractivity contribution in [3.05, 3.63) is 59.8 Å². The molecule has 3 N–H and O–H groups in total. The number of benzene rings is 2. The van der Waals surface area contributed by atoms with E-state index in [1.807, 2.05) is 0 Å². The number of ether oxygens (including phenoxy) is 2. The maximum Gasteiger partial charge on any atom is 0.270 e. The number of carbonyl (C=O) groups is 2. The summed E-state index contributed by atoms with van der Waals surface area (Å²) in [5.41, 5.74) is 3.05. The van der Waals surface area contributed by atoms with Gasteiger partial charge in [0, 0.05) is 23.7 Å². The Kier molecular flexibility index (Phi) is 6.91. The van der Waals surface area contributed by atoms with E-state index in [2.05, 4.69) is 32.7 Å². The van der Waals surface area contributed by atoms with Gasteiger partial charge in [-0.15, -0.1) is 0 Å². The van der Waals surface area contributed by atoms with Crippen molar-refractivity contribution < 1.29 is 19.1 Å². The van der Waals surface area contributed by atoms with E-state index < -0.39 is 0 Å². The van der Waals surface area contributed by atoms with Gasteiger partial charge in [0.1, 0.15) is 17.2 Å². The molecule has 158 valence electrons. The summed E-state index contributed by atoms with van der Waals surface area (Å²) >= 11 is 0. The molecule has 0 aliphatic carbocycles. The summed E-state index contributed by atoms with van der Waals surface area (Å²) in [5, 5.41) is 12.4. The van der Waals surface area contributed by atoms with Crippen LogP contribution in [0.4, 0.5) is 5.69 Å². The number of aromatic amines is 1. The standard InChI is InChI=1S/C23H22N4O4/c1-15(28)25-17-8-6-16(7-9-17)5-4-12-24-23(29)21-14-20(26-27-21)19-13-18(30-2)10-11-22(19)31-3/h6-11,13-14H,12H2,1-3H3,(H,24,29)(H,25,28)(H,26,27). The van der Waals surface area contributed by atoms with Crippen molar-refractivity contribution in [1.29, 1.82) is 0 Å². The second-order valence-corrected chi connectivity index (χ2v) is 6.48. The van der Waals surface area contributed by atoms with Gasteiger partial charge in [0.2, 0.25) is 5.91 Å². The molecule has 31 heavy (non-hydrogen) atoms. The van der Waals surface area contributed by atoms with E-state index in [9.17, 15) is 9.59 Å². The van der Waals surface area contributed by atoms with Gasteiger partial charge in [-0.25, -0.2) is 0 Å². The number of methoxy groups -OCH3 is 2. The molecule has 0 bridgehead atoms. The first-order valence-electron chi connectivity index (χ1n) is 9.42. The largest absolute Gasteiger partial charge is 0.497 e. The molecule has 1 aromatic heterocycles. The van der Waals surface area contributed by atoms with Gasteiger partial charge in [-0.2, -0.15) is 5.10 Å². The second-order valence-electron chi connectivity index (χ2n) is 6.48. The highest BCUT2D eigenvalue weighted by atomic mass is 16.5. The Bertz CT molecular complexity index is 1140. The SMILES string of the molecule is COc1ccc(OC)c(-c2cc(C(=O)NCC#Cc3ccc(NC(C)=O)cc3)[nH]n2)c1. The third-order valence-electron chi connectivity index (χ3n) is 4.28. The Balaban J connectivity index is 1.61. The first-order chi connectivity index (χ1) is 15.0. The Morgan fingerprint density at radius 3 is 2.52 bits per heavy atom. The molecule has 3 rings (SSSR count). The van der Waals surface area contributed by atoms with Gasteiger partial charge in [0.05, 0.1) is 26.5 Å². The number of anilines is 1. The van der Waals surface area contributed by atoms with E-state index in [4.69, 9.17) is 9.47 Å². The summed E-state index contributed by atoms with van der Waals surface area (Å²) in [5.74, 6) is 6.67. The smallest absolute Gasteiger partial charge is 0.270 e. The summed E-state index contributed by atoms with van der Waals surface area (Å²) in [7, 11) is 3.14. The Morgan fingerprint density at radius 1 is 1.06 bits per heavy atom. The molecule has 0 saturated carbocycles. The predicted octanol–water partition coefficient (Wildman–Crippen LogP) is 2.83.